The van der Waals surface area contributed by atoms with Crippen LogP contribution in [0.3, 0.4) is 0 Å². The van der Waals surface area contributed by atoms with Crippen LogP contribution in [0.4, 0.5) is 11.4 Å². The van der Waals surface area contributed by atoms with E-state index in [1.807, 2.05) is 12.2 Å². The molecule has 0 N–H and O–H groups in total. The molecule has 2 saturated carbocycles. The normalized spacial score (nSPS) is 38.6. The molecule has 0 unspecified atom stereocenters. The zero-order valence-electron chi connectivity index (χ0n) is 22.1. The maximum atomic E-state index is 13.8. The highest BCUT2D eigenvalue weighted by molar-refractivity contribution is 6.26. The van der Waals surface area contributed by atoms with Gasteiger partial charge in [0, 0.05) is 0 Å². The highest BCUT2D eigenvalue weighted by atomic mass is 16.5. The minimum atomic E-state index is -1.20. The highest BCUT2D eigenvalue weighted by Gasteiger charge is 2.67. The fraction of sp³-hybridized carbons (Fsp3) is 0.467. The summed E-state index contributed by atoms with van der Waals surface area (Å²) in [5, 5.41) is 0. The van der Waals surface area contributed by atoms with Crippen LogP contribution in [0.15, 0.2) is 48.6 Å². The number of imide groups is 2. The van der Waals surface area contributed by atoms with Gasteiger partial charge in [0.15, 0.2) is 0 Å². The van der Waals surface area contributed by atoms with Gasteiger partial charge in [-0.25, -0.2) is 9.80 Å². The van der Waals surface area contributed by atoms with E-state index >= 15 is 0 Å². The molecular formula is C30H28N2O8. The second-order valence-electron chi connectivity index (χ2n) is 11.7. The van der Waals surface area contributed by atoms with Crippen LogP contribution in [0, 0.1) is 46.3 Å². The summed E-state index contributed by atoms with van der Waals surface area (Å²) in [5.41, 5.74) is -1.95. The number of amides is 4. The number of nitrogens with zero attached hydrogens (tertiary/aromatic N) is 2. The molecule has 6 aliphatic carbocycles. The summed E-state index contributed by atoms with van der Waals surface area (Å²) >= 11 is 0. The number of fused-ring (bicyclic) bond motifs is 2. The van der Waals surface area contributed by atoms with Crippen LogP contribution in [0.2, 0.25) is 0 Å². The van der Waals surface area contributed by atoms with E-state index in [9.17, 15) is 28.8 Å². The lowest BCUT2D eigenvalue weighted by molar-refractivity contribution is -0.161. The quantitative estimate of drug-likeness (QED) is 0.321. The lowest BCUT2D eigenvalue weighted by atomic mass is 9.55. The van der Waals surface area contributed by atoms with E-state index in [-0.39, 0.29) is 23.2 Å². The SMILES string of the molecule is COC(=O)[C@]12C=C[C@@H](CC1)[C@H]1C(=O)N(c3cccc(N4C(=O)[C@@H]5[C@H]6C=C[C@@](C(=O)OC)(CC6)[C@H]5C4=O)c3)C(=O)[C@H]12. The molecule has 0 spiro atoms. The van der Waals surface area contributed by atoms with Crippen molar-refractivity contribution in [3.05, 3.63) is 48.6 Å². The Morgan fingerprint density at radius 3 is 1.50 bits per heavy atom. The smallest absolute Gasteiger partial charge is 0.316 e. The van der Waals surface area contributed by atoms with Gasteiger partial charge in [-0.3, -0.25) is 28.8 Å². The van der Waals surface area contributed by atoms with Crippen molar-refractivity contribution in [1.82, 2.24) is 0 Å². The van der Waals surface area contributed by atoms with Crippen LogP contribution in [0.1, 0.15) is 25.7 Å². The van der Waals surface area contributed by atoms with Crippen LogP contribution >= 0.6 is 0 Å². The van der Waals surface area contributed by atoms with E-state index in [0.717, 1.165) is 9.80 Å². The fourth-order valence-electron chi connectivity index (χ4n) is 8.46. The second kappa shape index (κ2) is 8.22. The van der Waals surface area contributed by atoms with Crippen LogP contribution < -0.4 is 9.80 Å². The molecule has 2 aliphatic heterocycles. The molecule has 40 heavy (non-hydrogen) atoms. The molecule has 4 bridgehead atoms. The predicted molar refractivity (Wildman–Crippen MR) is 138 cm³/mol. The van der Waals surface area contributed by atoms with Crippen molar-refractivity contribution in [3.63, 3.8) is 0 Å². The Kier molecular flexibility index (Phi) is 5.12. The summed E-state index contributed by atoms with van der Waals surface area (Å²) in [5.74, 6) is -6.33. The number of carbonyl (C=O) groups excluding carboxylic acids is 6. The monoisotopic (exact) mass is 544 g/mol. The summed E-state index contributed by atoms with van der Waals surface area (Å²) in [4.78, 5) is 83.0. The zero-order chi connectivity index (χ0) is 28.1. The number of ether oxygens (including phenoxy) is 2. The first kappa shape index (κ1) is 24.9. The van der Waals surface area contributed by atoms with E-state index < -0.39 is 70.1 Å². The number of hydrogen-bond acceptors (Lipinski definition) is 8. The molecule has 1 aromatic carbocycles. The molecule has 10 heteroatoms. The third-order valence-corrected chi connectivity index (χ3v) is 10.3. The maximum absolute atomic E-state index is 13.8. The minimum Gasteiger partial charge on any atom is -0.468 e. The molecule has 1 aromatic rings. The molecular weight excluding hydrogens is 516 g/mol. The molecule has 9 rings (SSSR count). The van der Waals surface area contributed by atoms with Crippen molar-refractivity contribution in [1.29, 1.82) is 0 Å². The predicted octanol–water partition coefficient (Wildman–Crippen LogP) is 2.18. The van der Waals surface area contributed by atoms with Crippen molar-refractivity contribution in [2.45, 2.75) is 25.7 Å². The molecule has 0 aromatic heterocycles. The lowest BCUT2D eigenvalue weighted by Gasteiger charge is -2.45. The first-order valence-corrected chi connectivity index (χ1v) is 13.6. The Bertz CT molecular complexity index is 1370. The van der Waals surface area contributed by atoms with Gasteiger partial charge in [-0.2, -0.15) is 0 Å². The number of methoxy groups -OCH3 is 2. The van der Waals surface area contributed by atoms with Crippen molar-refractivity contribution in [3.8, 4) is 0 Å². The third kappa shape index (κ3) is 2.83. The van der Waals surface area contributed by atoms with Crippen molar-refractivity contribution < 1.29 is 38.2 Å². The third-order valence-electron chi connectivity index (χ3n) is 10.3. The molecule has 4 fully saturated rings. The summed E-state index contributed by atoms with van der Waals surface area (Å²) < 4.78 is 10.1. The molecule has 2 heterocycles. The minimum absolute atomic E-state index is 0.163. The van der Waals surface area contributed by atoms with Gasteiger partial charge in [0.1, 0.15) is 0 Å². The van der Waals surface area contributed by atoms with Crippen LogP contribution in [0.5, 0.6) is 0 Å². The number of benzene rings is 1. The molecule has 4 amide bonds. The zero-order valence-corrected chi connectivity index (χ0v) is 22.1. The van der Waals surface area contributed by atoms with Gasteiger partial charge in [-0.05, 0) is 55.7 Å². The first-order valence-electron chi connectivity index (χ1n) is 13.6. The Hall–Kier alpha value is -4.08. The van der Waals surface area contributed by atoms with E-state index in [0.29, 0.717) is 25.7 Å². The largest absolute Gasteiger partial charge is 0.468 e. The van der Waals surface area contributed by atoms with E-state index in [2.05, 4.69) is 0 Å². The molecule has 10 nitrogen and oxygen atoms in total. The van der Waals surface area contributed by atoms with Crippen molar-refractivity contribution in [2.75, 3.05) is 24.0 Å². The maximum Gasteiger partial charge on any atom is 0.316 e. The molecule has 8 atom stereocenters. The second-order valence-corrected chi connectivity index (χ2v) is 11.7. The number of hydrogen-bond donors (Lipinski definition) is 0. The highest BCUT2D eigenvalue weighted by Crippen LogP contribution is 2.59. The number of rotatable bonds is 4. The van der Waals surface area contributed by atoms with Crippen molar-refractivity contribution in [2.24, 2.45) is 46.3 Å². The first-order chi connectivity index (χ1) is 19.2. The van der Waals surface area contributed by atoms with Crippen LogP contribution in [-0.4, -0.2) is 49.8 Å². The van der Waals surface area contributed by atoms with Gasteiger partial charge in [-0.15, -0.1) is 0 Å². The fourth-order valence-corrected chi connectivity index (χ4v) is 8.46. The standard InChI is InChI=1S/C30H28N2O8/c1-39-27(37)29-10-6-15(7-11-29)19-21(29)25(35)31(23(19)33)17-4-3-5-18(14-17)32-24(34)20-16-8-12-30(13-9-16,28(38)40-2)22(20)26(32)36/h3-6,8,10,12,14-16,19-22H,7,9,11,13H2,1-2H3/t15-,16-,19+,20+,21-,22+,29+,30+/m0/s1. The van der Waals surface area contributed by atoms with Crippen LogP contribution in [-0.2, 0) is 38.2 Å². The number of carbonyl (C=O) groups is 6. The van der Waals surface area contributed by atoms with Crippen molar-refractivity contribution >= 4 is 46.9 Å². The molecule has 0 radical (unpaired) electrons. The molecule has 206 valence electrons. The van der Waals surface area contributed by atoms with Crippen LogP contribution in [0.25, 0.3) is 0 Å². The lowest BCUT2D eigenvalue weighted by Crippen LogP contribution is -2.51. The Morgan fingerprint density at radius 2 is 1.15 bits per heavy atom. The summed E-state index contributed by atoms with van der Waals surface area (Å²) in [6.07, 6.45) is 9.17. The average molecular weight is 545 g/mol. The molecule has 8 aliphatic rings. The Morgan fingerprint density at radius 1 is 0.725 bits per heavy atom. The Balaban J connectivity index is 1.25. The van der Waals surface area contributed by atoms with E-state index in [4.69, 9.17) is 9.47 Å². The number of anilines is 2. The van der Waals surface area contributed by atoms with E-state index in [1.165, 1.54) is 20.3 Å². The van der Waals surface area contributed by atoms with Gasteiger partial charge >= 0.3 is 11.9 Å². The average Bonchev–Trinajstić information content (AvgIpc) is 3.44. The summed E-state index contributed by atoms with van der Waals surface area (Å²) in [6, 6.07) is 6.23. The topological polar surface area (TPSA) is 127 Å². The molecule has 2 saturated heterocycles. The van der Waals surface area contributed by atoms with Gasteiger partial charge in [-0.1, -0.05) is 30.4 Å². The van der Waals surface area contributed by atoms with Gasteiger partial charge < -0.3 is 9.47 Å². The summed E-state index contributed by atoms with van der Waals surface area (Å²) in [6.45, 7) is 0. The number of allylic oxidation sites excluding steroid dienone is 2. The van der Waals surface area contributed by atoms with Gasteiger partial charge in [0.05, 0.1) is 60.1 Å². The summed E-state index contributed by atoms with van der Waals surface area (Å²) in [7, 11) is 2.55. The van der Waals surface area contributed by atoms with E-state index in [1.54, 1.807) is 30.4 Å². The van der Waals surface area contributed by atoms with Gasteiger partial charge in [0.2, 0.25) is 23.6 Å². The number of esters is 2. The Labute approximate surface area is 229 Å². The van der Waals surface area contributed by atoms with Gasteiger partial charge in [0.25, 0.3) is 0 Å².